The lowest BCUT2D eigenvalue weighted by molar-refractivity contribution is 0.0989. The molecule has 1 unspecified atom stereocenters. The van der Waals surface area contributed by atoms with Gasteiger partial charge in [0, 0.05) is 12.4 Å². The zero-order valence-electron chi connectivity index (χ0n) is 8.58. The van der Waals surface area contributed by atoms with E-state index in [9.17, 15) is 5.11 Å². The van der Waals surface area contributed by atoms with E-state index in [1.54, 1.807) is 0 Å². The molecule has 2 nitrogen and oxygen atoms in total. The van der Waals surface area contributed by atoms with Crippen LogP contribution in [0.15, 0.2) is 18.5 Å². The molecule has 2 rings (SSSR count). The van der Waals surface area contributed by atoms with E-state index in [-0.39, 0.29) is 6.10 Å². The summed E-state index contributed by atoms with van der Waals surface area (Å²) in [6.45, 7) is 0. The first kappa shape index (κ1) is 9.78. The predicted molar refractivity (Wildman–Crippen MR) is 56.9 cm³/mol. The Labute approximate surface area is 85.3 Å². The summed E-state index contributed by atoms with van der Waals surface area (Å²) in [6.07, 6.45) is 11.2. The maximum absolute atomic E-state index is 10.1. The Bertz CT molecular complexity index is 247. The average Bonchev–Trinajstić information content (AvgIpc) is 2.59. The van der Waals surface area contributed by atoms with E-state index in [2.05, 4.69) is 4.98 Å². The SMILES string of the molecule is OC(c1cc[nH]c1)C1CCCCCC1. The third kappa shape index (κ3) is 2.18. The summed E-state index contributed by atoms with van der Waals surface area (Å²) >= 11 is 0. The minimum atomic E-state index is -0.251. The van der Waals surface area contributed by atoms with Crippen LogP contribution >= 0.6 is 0 Å². The Morgan fingerprint density at radius 2 is 1.93 bits per heavy atom. The van der Waals surface area contributed by atoms with Crippen molar-refractivity contribution in [2.75, 3.05) is 0 Å². The summed E-state index contributed by atoms with van der Waals surface area (Å²) in [6, 6.07) is 1.98. The van der Waals surface area contributed by atoms with Crippen LogP contribution < -0.4 is 0 Å². The molecule has 0 saturated heterocycles. The second-order valence-corrected chi connectivity index (χ2v) is 4.34. The Balaban J connectivity index is 1.99. The summed E-state index contributed by atoms with van der Waals surface area (Å²) in [7, 11) is 0. The summed E-state index contributed by atoms with van der Waals surface area (Å²) in [5.41, 5.74) is 1.05. The Morgan fingerprint density at radius 1 is 1.21 bits per heavy atom. The van der Waals surface area contributed by atoms with Crippen LogP contribution in [-0.4, -0.2) is 10.1 Å². The van der Waals surface area contributed by atoms with Crippen LogP contribution in [0.4, 0.5) is 0 Å². The van der Waals surface area contributed by atoms with Gasteiger partial charge in [-0.2, -0.15) is 0 Å². The van der Waals surface area contributed by atoms with Crippen molar-refractivity contribution in [1.29, 1.82) is 0 Å². The fraction of sp³-hybridized carbons (Fsp3) is 0.667. The highest BCUT2D eigenvalue weighted by Gasteiger charge is 2.21. The summed E-state index contributed by atoms with van der Waals surface area (Å²) in [5.74, 6) is 0.480. The van der Waals surface area contributed by atoms with Gasteiger partial charge in [-0.25, -0.2) is 0 Å². The fourth-order valence-electron chi connectivity index (χ4n) is 2.42. The van der Waals surface area contributed by atoms with Crippen LogP contribution in [0.2, 0.25) is 0 Å². The second-order valence-electron chi connectivity index (χ2n) is 4.34. The molecule has 0 radical (unpaired) electrons. The van der Waals surface area contributed by atoms with Gasteiger partial charge in [0.15, 0.2) is 0 Å². The zero-order chi connectivity index (χ0) is 9.80. The Morgan fingerprint density at radius 3 is 2.50 bits per heavy atom. The van der Waals surface area contributed by atoms with Crippen LogP contribution in [0.3, 0.4) is 0 Å². The second kappa shape index (κ2) is 4.65. The molecule has 2 heteroatoms. The smallest absolute Gasteiger partial charge is 0.0832 e. The molecule has 1 aliphatic rings. The zero-order valence-corrected chi connectivity index (χ0v) is 8.58. The van der Waals surface area contributed by atoms with Gasteiger partial charge in [0.2, 0.25) is 0 Å². The maximum Gasteiger partial charge on any atom is 0.0832 e. The molecule has 0 amide bonds. The third-order valence-corrected chi connectivity index (χ3v) is 3.31. The molecule has 14 heavy (non-hydrogen) atoms. The molecule has 0 aliphatic heterocycles. The highest BCUT2D eigenvalue weighted by Crippen LogP contribution is 2.33. The van der Waals surface area contributed by atoms with E-state index < -0.39 is 0 Å². The summed E-state index contributed by atoms with van der Waals surface area (Å²) in [4.78, 5) is 3.01. The van der Waals surface area contributed by atoms with E-state index in [0.717, 1.165) is 5.56 Å². The van der Waals surface area contributed by atoms with Crippen molar-refractivity contribution in [3.05, 3.63) is 24.0 Å². The van der Waals surface area contributed by atoms with Gasteiger partial charge < -0.3 is 10.1 Å². The molecule has 0 spiro atoms. The van der Waals surface area contributed by atoms with Crippen LogP contribution in [0.1, 0.15) is 50.2 Å². The molecule has 1 aromatic rings. The third-order valence-electron chi connectivity index (χ3n) is 3.31. The van der Waals surface area contributed by atoms with Crippen molar-refractivity contribution in [3.8, 4) is 0 Å². The van der Waals surface area contributed by atoms with E-state index in [1.807, 2.05) is 18.5 Å². The quantitative estimate of drug-likeness (QED) is 0.696. The molecule has 0 aromatic carbocycles. The lowest BCUT2D eigenvalue weighted by Crippen LogP contribution is -2.11. The number of aliphatic hydroxyl groups excluding tert-OH is 1. The van der Waals surface area contributed by atoms with Crippen molar-refractivity contribution in [1.82, 2.24) is 4.98 Å². The minimum Gasteiger partial charge on any atom is -0.388 e. The molecule has 1 aliphatic carbocycles. The van der Waals surface area contributed by atoms with Gasteiger partial charge in [-0.05, 0) is 30.4 Å². The van der Waals surface area contributed by atoms with Gasteiger partial charge >= 0.3 is 0 Å². The predicted octanol–water partition coefficient (Wildman–Crippen LogP) is 3.02. The van der Waals surface area contributed by atoms with Crippen molar-refractivity contribution in [2.45, 2.75) is 44.6 Å². The van der Waals surface area contributed by atoms with Gasteiger partial charge in [0.1, 0.15) is 0 Å². The Hall–Kier alpha value is -0.760. The number of aromatic nitrogens is 1. The van der Waals surface area contributed by atoms with Crippen molar-refractivity contribution < 1.29 is 5.11 Å². The average molecular weight is 193 g/mol. The number of hydrogen-bond donors (Lipinski definition) is 2. The van der Waals surface area contributed by atoms with E-state index >= 15 is 0 Å². The largest absolute Gasteiger partial charge is 0.388 e. The molecular formula is C12H19NO. The van der Waals surface area contributed by atoms with E-state index in [4.69, 9.17) is 0 Å². The van der Waals surface area contributed by atoms with Crippen molar-refractivity contribution in [2.24, 2.45) is 5.92 Å². The number of rotatable bonds is 2. The molecule has 1 saturated carbocycles. The topological polar surface area (TPSA) is 36.0 Å². The van der Waals surface area contributed by atoms with Crippen LogP contribution in [-0.2, 0) is 0 Å². The number of H-pyrrole nitrogens is 1. The molecule has 1 fully saturated rings. The normalized spacial score (nSPS) is 21.8. The number of aliphatic hydroxyl groups is 1. The molecule has 1 atom stereocenters. The maximum atomic E-state index is 10.1. The van der Waals surface area contributed by atoms with Crippen molar-refractivity contribution >= 4 is 0 Å². The first-order valence-electron chi connectivity index (χ1n) is 5.68. The lowest BCUT2D eigenvalue weighted by atomic mass is 9.91. The highest BCUT2D eigenvalue weighted by molar-refractivity contribution is 5.12. The van der Waals surface area contributed by atoms with Crippen molar-refractivity contribution in [3.63, 3.8) is 0 Å². The van der Waals surface area contributed by atoms with Gasteiger partial charge in [-0.3, -0.25) is 0 Å². The molecule has 78 valence electrons. The first-order chi connectivity index (χ1) is 6.88. The highest BCUT2D eigenvalue weighted by atomic mass is 16.3. The minimum absolute atomic E-state index is 0.251. The summed E-state index contributed by atoms with van der Waals surface area (Å²) < 4.78 is 0. The molecule has 2 N–H and O–H groups in total. The standard InChI is InChI=1S/C12H19NO/c14-12(11-7-8-13-9-11)10-5-3-1-2-4-6-10/h7-10,12-14H,1-6H2. The fourth-order valence-corrected chi connectivity index (χ4v) is 2.42. The van der Waals surface area contributed by atoms with Crippen LogP contribution in [0, 0.1) is 5.92 Å². The van der Waals surface area contributed by atoms with Crippen LogP contribution in [0.25, 0.3) is 0 Å². The number of nitrogens with one attached hydrogen (secondary N) is 1. The van der Waals surface area contributed by atoms with E-state index in [0.29, 0.717) is 5.92 Å². The molecular weight excluding hydrogens is 174 g/mol. The molecule has 1 aromatic heterocycles. The van der Waals surface area contributed by atoms with Gasteiger partial charge in [-0.15, -0.1) is 0 Å². The molecule has 0 bridgehead atoms. The van der Waals surface area contributed by atoms with Gasteiger partial charge in [-0.1, -0.05) is 25.7 Å². The van der Waals surface area contributed by atoms with Gasteiger partial charge in [0.05, 0.1) is 6.10 Å². The monoisotopic (exact) mass is 193 g/mol. The van der Waals surface area contributed by atoms with Crippen LogP contribution in [0.5, 0.6) is 0 Å². The van der Waals surface area contributed by atoms with Gasteiger partial charge in [0.25, 0.3) is 0 Å². The van der Waals surface area contributed by atoms with E-state index in [1.165, 1.54) is 38.5 Å². The number of hydrogen-bond acceptors (Lipinski definition) is 1. The Kier molecular flexibility index (Phi) is 3.25. The molecule has 1 heterocycles. The summed E-state index contributed by atoms with van der Waals surface area (Å²) in [5, 5.41) is 10.1. The lowest BCUT2D eigenvalue weighted by Gasteiger charge is -2.20. The first-order valence-corrected chi connectivity index (χ1v) is 5.68. The number of aromatic amines is 1.